The molecule has 0 unspecified atom stereocenters. The van der Waals surface area contributed by atoms with Gasteiger partial charge in [0.15, 0.2) is 0 Å². The second-order valence-electron chi connectivity index (χ2n) is 2.60. The average molecular weight is 153 g/mol. The Bertz CT molecular complexity index is 243. The molecule has 51 valence electrons. The molecule has 1 saturated carbocycles. The van der Waals surface area contributed by atoms with Crippen molar-refractivity contribution in [3.05, 3.63) is 29.0 Å². The van der Waals surface area contributed by atoms with Crippen molar-refractivity contribution < 1.29 is 0 Å². The highest BCUT2D eigenvalue weighted by Gasteiger charge is 2.25. The third kappa shape index (κ3) is 1.01. The third-order valence-electron chi connectivity index (χ3n) is 1.76. The Hall–Kier alpha value is -0.560. The number of hydrogen-bond acceptors (Lipinski definition) is 1. The van der Waals surface area contributed by atoms with Crippen molar-refractivity contribution in [3.63, 3.8) is 0 Å². The van der Waals surface area contributed by atoms with Crippen molar-refractivity contribution in [3.8, 4) is 0 Å². The quantitative estimate of drug-likeness (QED) is 0.602. The number of hydrogen-bond donors (Lipinski definition) is 0. The molecule has 0 atom stereocenters. The summed E-state index contributed by atoms with van der Waals surface area (Å²) in [6.07, 6.45) is 7.04. The van der Waals surface area contributed by atoms with Gasteiger partial charge in [-0.05, 0) is 30.4 Å². The van der Waals surface area contributed by atoms with Crippen molar-refractivity contribution in [2.24, 2.45) is 0 Å². The van der Waals surface area contributed by atoms with Gasteiger partial charge in [0.25, 0.3) is 0 Å². The highest BCUT2D eigenvalue weighted by Crippen LogP contribution is 2.42. The van der Waals surface area contributed by atoms with Crippen molar-refractivity contribution in [2.75, 3.05) is 0 Å². The van der Waals surface area contributed by atoms with Gasteiger partial charge in [0.2, 0.25) is 0 Å². The normalized spacial score (nSPS) is 17.3. The van der Waals surface area contributed by atoms with Gasteiger partial charge in [0.1, 0.15) is 6.20 Å². The SMILES string of the molecule is Clc1[c]nccc1C1CC1. The highest BCUT2D eigenvalue weighted by atomic mass is 35.5. The Kier molecular flexibility index (Phi) is 1.38. The lowest BCUT2D eigenvalue weighted by Crippen LogP contribution is -1.81. The van der Waals surface area contributed by atoms with Crippen LogP contribution >= 0.6 is 11.6 Å². The van der Waals surface area contributed by atoms with Gasteiger partial charge in [-0.3, -0.25) is 4.98 Å². The monoisotopic (exact) mass is 152 g/mol. The maximum Gasteiger partial charge on any atom is 0.109 e. The van der Waals surface area contributed by atoms with Gasteiger partial charge in [0, 0.05) is 6.20 Å². The van der Waals surface area contributed by atoms with E-state index < -0.39 is 0 Å². The molecule has 0 saturated heterocycles. The minimum absolute atomic E-state index is 0.699. The molecule has 0 amide bonds. The molecule has 0 bridgehead atoms. The summed E-state index contributed by atoms with van der Waals surface area (Å²) in [6.45, 7) is 0. The number of halogens is 1. The zero-order chi connectivity index (χ0) is 6.97. The van der Waals surface area contributed by atoms with Crippen LogP contribution in [0.5, 0.6) is 0 Å². The molecule has 0 N–H and O–H groups in total. The minimum Gasteiger partial charge on any atom is -0.253 e. The molecule has 1 fully saturated rings. The van der Waals surface area contributed by atoms with Crippen LogP contribution in [0.15, 0.2) is 12.3 Å². The van der Waals surface area contributed by atoms with Crippen LogP contribution in [-0.4, -0.2) is 4.98 Å². The van der Waals surface area contributed by atoms with Crippen LogP contribution in [0.1, 0.15) is 24.3 Å². The largest absolute Gasteiger partial charge is 0.253 e. The average Bonchev–Trinajstić information content (AvgIpc) is 2.71. The smallest absolute Gasteiger partial charge is 0.109 e. The zero-order valence-corrected chi connectivity index (χ0v) is 6.23. The second kappa shape index (κ2) is 2.24. The first-order valence-electron chi connectivity index (χ1n) is 3.40. The van der Waals surface area contributed by atoms with Crippen LogP contribution in [0.2, 0.25) is 5.02 Å². The molecular weight excluding hydrogens is 146 g/mol. The van der Waals surface area contributed by atoms with E-state index in [9.17, 15) is 0 Å². The number of rotatable bonds is 1. The van der Waals surface area contributed by atoms with Gasteiger partial charge in [-0.15, -0.1) is 0 Å². The van der Waals surface area contributed by atoms with E-state index in [2.05, 4.69) is 11.2 Å². The Morgan fingerprint density at radius 3 is 3.00 bits per heavy atom. The maximum absolute atomic E-state index is 5.84. The molecule has 2 rings (SSSR count). The van der Waals surface area contributed by atoms with Crippen LogP contribution < -0.4 is 0 Å². The molecule has 1 aromatic heterocycles. The Morgan fingerprint density at radius 1 is 1.60 bits per heavy atom. The Balaban J connectivity index is 2.39. The lowest BCUT2D eigenvalue weighted by Gasteiger charge is -1.96. The topological polar surface area (TPSA) is 12.9 Å². The van der Waals surface area contributed by atoms with Crippen LogP contribution in [0, 0.1) is 6.20 Å². The van der Waals surface area contributed by atoms with E-state index in [1.165, 1.54) is 18.4 Å². The third-order valence-corrected chi connectivity index (χ3v) is 2.06. The van der Waals surface area contributed by atoms with Gasteiger partial charge in [-0.2, -0.15) is 0 Å². The van der Waals surface area contributed by atoms with Crippen molar-refractivity contribution >= 4 is 11.6 Å². The Morgan fingerprint density at radius 2 is 2.40 bits per heavy atom. The predicted octanol–water partition coefficient (Wildman–Crippen LogP) is 2.41. The van der Waals surface area contributed by atoms with Gasteiger partial charge in [0.05, 0.1) is 5.02 Å². The van der Waals surface area contributed by atoms with Crippen LogP contribution in [0.3, 0.4) is 0 Å². The molecule has 1 radical (unpaired) electrons. The summed E-state index contributed by atoms with van der Waals surface area (Å²) >= 11 is 5.84. The van der Waals surface area contributed by atoms with Crippen molar-refractivity contribution in [1.82, 2.24) is 4.98 Å². The van der Waals surface area contributed by atoms with Gasteiger partial charge >= 0.3 is 0 Å². The molecule has 0 aliphatic heterocycles. The molecule has 0 aromatic carbocycles. The summed E-state index contributed by atoms with van der Waals surface area (Å²) < 4.78 is 0. The molecular formula is C8H7ClN. The first-order chi connectivity index (χ1) is 4.88. The molecule has 0 spiro atoms. The predicted molar refractivity (Wildman–Crippen MR) is 40.1 cm³/mol. The van der Waals surface area contributed by atoms with E-state index in [4.69, 9.17) is 11.6 Å². The van der Waals surface area contributed by atoms with Crippen molar-refractivity contribution in [1.29, 1.82) is 0 Å². The maximum atomic E-state index is 5.84. The minimum atomic E-state index is 0.699. The van der Waals surface area contributed by atoms with E-state index in [0.29, 0.717) is 10.9 Å². The first-order valence-corrected chi connectivity index (χ1v) is 3.78. The lowest BCUT2D eigenvalue weighted by molar-refractivity contribution is 1.11. The summed E-state index contributed by atoms with van der Waals surface area (Å²) in [4.78, 5) is 3.80. The van der Waals surface area contributed by atoms with Gasteiger partial charge < -0.3 is 0 Å². The van der Waals surface area contributed by atoms with E-state index in [1.807, 2.05) is 6.07 Å². The number of aromatic nitrogens is 1. The van der Waals surface area contributed by atoms with Gasteiger partial charge in [-0.25, -0.2) is 0 Å². The summed E-state index contributed by atoms with van der Waals surface area (Å²) in [5.41, 5.74) is 1.22. The summed E-state index contributed by atoms with van der Waals surface area (Å²) in [6, 6.07) is 1.98. The molecule has 1 nitrogen and oxygen atoms in total. The molecule has 10 heavy (non-hydrogen) atoms. The summed E-state index contributed by atoms with van der Waals surface area (Å²) in [7, 11) is 0. The fourth-order valence-electron chi connectivity index (χ4n) is 1.06. The second-order valence-corrected chi connectivity index (χ2v) is 2.98. The van der Waals surface area contributed by atoms with E-state index in [0.717, 1.165) is 0 Å². The summed E-state index contributed by atoms with van der Waals surface area (Å²) in [5.74, 6) is 0.701. The van der Waals surface area contributed by atoms with E-state index >= 15 is 0 Å². The number of nitrogens with zero attached hydrogens (tertiary/aromatic N) is 1. The molecule has 2 heteroatoms. The zero-order valence-electron chi connectivity index (χ0n) is 5.47. The van der Waals surface area contributed by atoms with Crippen LogP contribution in [0.4, 0.5) is 0 Å². The van der Waals surface area contributed by atoms with E-state index in [-0.39, 0.29) is 0 Å². The fourth-order valence-corrected chi connectivity index (χ4v) is 1.32. The molecule has 1 aromatic rings. The number of pyridine rings is 1. The fraction of sp³-hybridized carbons (Fsp3) is 0.375. The van der Waals surface area contributed by atoms with Crippen LogP contribution in [0.25, 0.3) is 0 Å². The molecule has 1 heterocycles. The van der Waals surface area contributed by atoms with Crippen LogP contribution in [-0.2, 0) is 0 Å². The summed E-state index contributed by atoms with van der Waals surface area (Å²) in [5, 5.41) is 0.699. The van der Waals surface area contributed by atoms with Gasteiger partial charge in [-0.1, -0.05) is 11.6 Å². The van der Waals surface area contributed by atoms with E-state index in [1.54, 1.807) is 6.20 Å². The first kappa shape index (κ1) is 6.17. The molecule has 1 aliphatic rings. The standard InChI is InChI=1S/C8H7ClN/c9-8-5-10-4-3-7(8)6-1-2-6/h3-4,6H,1-2H2. The lowest BCUT2D eigenvalue weighted by atomic mass is 10.2. The Labute approximate surface area is 65.0 Å². The highest BCUT2D eigenvalue weighted by molar-refractivity contribution is 6.31. The molecule has 1 aliphatic carbocycles. The van der Waals surface area contributed by atoms with Crippen molar-refractivity contribution in [2.45, 2.75) is 18.8 Å².